The fourth-order valence-electron chi connectivity index (χ4n) is 1.60. The third-order valence-corrected chi connectivity index (χ3v) is 2.36. The summed E-state index contributed by atoms with van der Waals surface area (Å²) >= 11 is 0. The Labute approximate surface area is 98.1 Å². The van der Waals surface area contributed by atoms with E-state index in [1.165, 1.54) is 0 Å². The summed E-state index contributed by atoms with van der Waals surface area (Å²) in [5.41, 5.74) is 7.21. The van der Waals surface area contributed by atoms with Gasteiger partial charge in [0.1, 0.15) is 5.75 Å². The first-order valence-corrected chi connectivity index (χ1v) is 5.77. The second-order valence-corrected chi connectivity index (χ2v) is 4.18. The fourth-order valence-corrected chi connectivity index (χ4v) is 1.60. The summed E-state index contributed by atoms with van der Waals surface area (Å²) in [6.07, 6.45) is 3.90. The van der Waals surface area contributed by atoms with Gasteiger partial charge in [-0.15, -0.1) is 6.58 Å². The van der Waals surface area contributed by atoms with E-state index in [-0.39, 0.29) is 12.1 Å². The zero-order valence-electron chi connectivity index (χ0n) is 10.1. The van der Waals surface area contributed by atoms with Crippen molar-refractivity contribution in [2.45, 2.75) is 38.8 Å². The summed E-state index contributed by atoms with van der Waals surface area (Å²) in [5, 5.41) is 0. The van der Waals surface area contributed by atoms with Crippen LogP contribution in [0.5, 0.6) is 5.75 Å². The van der Waals surface area contributed by atoms with Crippen molar-refractivity contribution < 1.29 is 4.74 Å². The Kier molecular flexibility index (Phi) is 5.06. The van der Waals surface area contributed by atoms with E-state index in [0.717, 1.165) is 24.2 Å². The van der Waals surface area contributed by atoms with Crippen LogP contribution in [0.3, 0.4) is 0 Å². The molecule has 0 aromatic heterocycles. The minimum atomic E-state index is 0.0212. The van der Waals surface area contributed by atoms with Crippen LogP contribution in [0, 0.1) is 0 Å². The Bertz CT molecular complexity index is 333. The van der Waals surface area contributed by atoms with E-state index < -0.39 is 0 Å². The highest BCUT2D eigenvalue weighted by molar-refractivity contribution is 5.35. The average molecular weight is 219 g/mol. The number of rotatable bonds is 6. The summed E-state index contributed by atoms with van der Waals surface area (Å²) in [4.78, 5) is 0. The molecule has 1 rings (SSSR count). The summed E-state index contributed by atoms with van der Waals surface area (Å²) in [6, 6.07) is 8.00. The molecule has 1 aromatic carbocycles. The van der Waals surface area contributed by atoms with Gasteiger partial charge in [-0.25, -0.2) is 0 Å². The lowest BCUT2D eigenvalue weighted by Crippen LogP contribution is -2.14. The predicted molar refractivity (Wildman–Crippen MR) is 68.6 cm³/mol. The van der Waals surface area contributed by atoms with Gasteiger partial charge in [-0.05, 0) is 32.8 Å². The van der Waals surface area contributed by atoms with E-state index in [2.05, 4.69) is 6.58 Å². The van der Waals surface area contributed by atoms with E-state index in [1.807, 2.05) is 44.2 Å². The van der Waals surface area contributed by atoms with Gasteiger partial charge < -0.3 is 10.5 Å². The molecular formula is C14H21NO. The predicted octanol–water partition coefficient (Wildman–Crippen LogP) is 3.44. The third kappa shape index (κ3) is 3.70. The number of benzene rings is 1. The van der Waals surface area contributed by atoms with Gasteiger partial charge in [-0.3, -0.25) is 0 Å². The van der Waals surface area contributed by atoms with Gasteiger partial charge in [0.2, 0.25) is 0 Å². The van der Waals surface area contributed by atoms with E-state index in [9.17, 15) is 0 Å². The Hall–Kier alpha value is -1.28. The molecule has 2 nitrogen and oxygen atoms in total. The van der Waals surface area contributed by atoms with Gasteiger partial charge in [0.15, 0.2) is 0 Å². The molecule has 0 radical (unpaired) electrons. The van der Waals surface area contributed by atoms with Crippen LogP contribution in [-0.2, 0) is 0 Å². The molecule has 0 amide bonds. The zero-order chi connectivity index (χ0) is 12.0. The highest BCUT2D eigenvalue weighted by Crippen LogP contribution is 2.27. The Morgan fingerprint density at radius 3 is 2.69 bits per heavy atom. The van der Waals surface area contributed by atoms with Crippen LogP contribution in [0.15, 0.2) is 36.9 Å². The highest BCUT2D eigenvalue weighted by Gasteiger charge is 2.11. The van der Waals surface area contributed by atoms with Crippen molar-refractivity contribution in [3.8, 4) is 5.75 Å². The van der Waals surface area contributed by atoms with E-state index >= 15 is 0 Å². The van der Waals surface area contributed by atoms with Gasteiger partial charge in [-0.1, -0.05) is 24.3 Å². The van der Waals surface area contributed by atoms with Crippen LogP contribution in [0.4, 0.5) is 0 Å². The van der Waals surface area contributed by atoms with Gasteiger partial charge in [0.05, 0.1) is 6.10 Å². The van der Waals surface area contributed by atoms with Gasteiger partial charge in [0, 0.05) is 11.6 Å². The van der Waals surface area contributed by atoms with Crippen molar-refractivity contribution in [2.24, 2.45) is 5.73 Å². The minimum Gasteiger partial charge on any atom is -0.491 e. The molecule has 0 aliphatic heterocycles. The fraction of sp³-hybridized carbons (Fsp3) is 0.429. The SMILES string of the molecule is C=CCC[C@H](N)c1ccccc1OC(C)C. The molecule has 0 spiro atoms. The number of ether oxygens (including phenoxy) is 1. The molecule has 0 unspecified atom stereocenters. The van der Waals surface area contributed by atoms with Crippen molar-refractivity contribution >= 4 is 0 Å². The van der Waals surface area contributed by atoms with Crippen LogP contribution in [0.25, 0.3) is 0 Å². The monoisotopic (exact) mass is 219 g/mol. The van der Waals surface area contributed by atoms with Crippen molar-refractivity contribution in [2.75, 3.05) is 0 Å². The molecule has 0 bridgehead atoms. The standard InChI is InChI=1S/C14H21NO/c1-4-5-9-13(15)12-8-6-7-10-14(12)16-11(2)3/h4,6-8,10-11,13H,1,5,9,15H2,2-3H3/t13-/m0/s1. The molecule has 0 saturated carbocycles. The summed E-state index contributed by atoms with van der Waals surface area (Å²) in [5.74, 6) is 0.897. The third-order valence-electron chi connectivity index (χ3n) is 2.36. The molecule has 0 heterocycles. The Balaban J connectivity index is 2.80. The maximum Gasteiger partial charge on any atom is 0.124 e. The van der Waals surface area contributed by atoms with Crippen molar-refractivity contribution in [3.63, 3.8) is 0 Å². The maximum absolute atomic E-state index is 6.13. The molecule has 0 aliphatic rings. The van der Waals surface area contributed by atoms with Crippen LogP contribution < -0.4 is 10.5 Å². The summed E-state index contributed by atoms with van der Waals surface area (Å²) in [6.45, 7) is 7.75. The summed E-state index contributed by atoms with van der Waals surface area (Å²) < 4.78 is 5.74. The minimum absolute atomic E-state index is 0.0212. The summed E-state index contributed by atoms with van der Waals surface area (Å²) in [7, 11) is 0. The Morgan fingerprint density at radius 2 is 2.06 bits per heavy atom. The van der Waals surface area contributed by atoms with Crippen LogP contribution >= 0.6 is 0 Å². The lowest BCUT2D eigenvalue weighted by Gasteiger charge is -2.18. The topological polar surface area (TPSA) is 35.2 Å². The van der Waals surface area contributed by atoms with Gasteiger partial charge in [-0.2, -0.15) is 0 Å². The lowest BCUT2D eigenvalue weighted by atomic mass is 10.0. The molecule has 2 N–H and O–H groups in total. The molecule has 1 aromatic rings. The number of nitrogens with two attached hydrogens (primary N) is 1. The number of para-hydroxylation sites is 1. The van der Waals surface area contributed by atoms with Gasteiger partial charge in [0.25, 0.3) is 0 Å². The van der Waals surface area contributed by atoms with Crippen LogP contribution in [0.1, 0.15) is 38.3 Å². The van der Waals surface area contributed by atoms with Crippen molar-refractivity contribution in [3.05, 3.63) is 42.5 Å². The quantitative estimate of drug-likeness (QED) is 0.744. The van der Waals surface area contributed by atoms with Crippen LogP contribution in [0.2, 0.25) is 0 Å². The molecule has 2 heteroatoms. The smallest absolute Gasteiger partial charge is 0.124 e. The molecule has 1 atom stereocenters. The van der Waals surface area contributed by atoms with Gasteiger partial charge >= 0.3 is 0 Å². The molecule has 16 heavy (non-hydrogen) atoms. The molecule has 88 valence electrons. The first-order chi connectivity index (χ1) is 7.65. The first kappa shape index (κ1) is 12.8. The van der Waals surface area contributed by atoms with Crippen molar-refractivity contribution in [1.82, 2.24) is 0 Å². The molecule has 0 aliphatic carbocycles. The number of allylic oxidation sites excluding steroid dienone is 1. The van der Waals surface area contributed by atoms with E-state index in [0.29, 0.717) is 0 Å². The van der Waals surface area contributed by atoms with E-state index in [1.54, 1.807) is 0 Å². The lowest BCUT2D eigenvalue weighted by molar-refractivity contribution is 0.238. The normalized spacial score (nSPS) is 12.5. The zero-order valence-corrected chi connectivity index (χ0v) is 10.1. The number of hydrogen-bond donors (Lipinski definition) is 1. The second kappa shape index (κ2) is 6.33. The second-order valence-electron chi connectivity index (χ2n) is 4.18. The van der Waals surface area contributed by atoms with Crippen LogP contribution in [-0.4, -0.2) is 6.10 Å². The first-order valence-electron chi connectivity index (χ1n) is 5.77. The molecular weight excluding hydrogens is 198 g/mol. The molecule has 0 fully saturated rings. The largest absolute Gasteiger partial charge is 0.491 e. The Morgan fingerprint density at radius 1 is 1.38 bits per heavy atom. The highest BCUT2D eigenvalue weighted by atomic mass is 16.5. The van der Waals surface area contributed by atoms with E-state index in [4.69, 9.17) is 10.5 Å². The van der Waals surface area contributed by atoms with Crippen molar-refractivity contribution in [1.29, 1.82) is 0 Å². The maximum atomic E-state index is 6.13. The molecule has 0 saturated heterocycles. The average Bonchev–Trinajstić information content (AvgIpc) is 2.26. The number of hydrogen-bond acceptors (Lipinski definition) is 2.